The van der Waals surface area contributed by atoms with Crippen LogP contribution in [0.15, 0.2) is 24.3 Å². The van der Waals surface area contributed by atoms with Crippen molar-refractivity contribution in [2.45, 2.75) is 31.8 Å². The van der Waals surface area contributed by atoms with Gasteiger partial charge in [-0.2, -0.15) is 0 Å². The van der Waals surface area contributed by atoms with E-state index in [9.17, 15) is 9.90 Å². The number of carbonyl (C=O) groups is 1. The maximum absolute atomic E-state index is 10.7. The van der Waals surface area contributed by atoms with Crippen molar-refractivity contribution in [1.29, 1.82) is 0 Å². The van der Waals surface area contributed by atoms with Crippen LogP contribution >= 0.6 is 0 Å². The van der Waals surface area contributed by atoms with Gasteiger partial charge in [-0.3, -0.25) is 4.79 Å². The monoisotopic (exact) mass is 243 g/mol. The Morgan fingerprint density at radius 2 is 2.06 bits per heavy atom. The van der Waals surface area contributed by atoms with Crippen molar-refractivity contribution in [2.75, 3.05) is 0 Å². The summed E-state index contributed by atoms with van der Waals surface area (Å²) in [6.45, 7) is 0. The molecular weight excluding hydrogens is 227 g/mol. The molecule has 2 unspecified atom stereocenters. The number of fused-ring (bicyclic) bond motifs is 1. The van der Waals surface area contributed by atoms with E-state index in [-0.39, 0.29) is 41.9 Å². The molecule has 1 aliphatic carbocycles. The van der Waals surface area contributed by atoms with E-state index < -0.39 is 12.1 Å². The molecule has 1 aromatic carbocycles. The van der Waals surface area contributed by atoms with E-state index in [2.05, 4.69) is 0 Å². The maximum Gasteiger partial charge on any atom is 1.00 e. The number of aryl methyl sites for hydroxylation is 1. The largest absolute Gasteiger partial charge is 1.00 e. The van der Waals surface area contributed by atoms with Gasteiger partial charge >= 0.3 is 35.5 Å². The predicted octanol–water partition coefficient (Wildman–Crippen LogP) is -0.849. The molecule has 0 aliphatic heterocycles. The van der Waals surface area contributed by atoms with Crippen LogP contribution in [0.2, 0.25) is 0 Å². The second-order valence-corrected chi connectivity index (χ2v) is 4.39. The second-order valence-electron chi connectivity index (χ2n) is 4.39. The SMILES string of the molecule is O=C(O)CC1CCCc2ccccc2C1O.[Na+]. The minimum absolute atomic E-state index is 0. The molecular formula is C13H16NaO3+. The Bertz CT molecular complexity index is 392. The molecule has 2 N–H and O–H groups in total. The van der Waals surface area contributed by atoms with Gasteiger partial charge < -0.3 is 10.2 Å². The molecule has 2 rings (SSSR count). The molecule has 1 aromatic rings. The second kappa shape index (κ2) is 6.55. The number of carboxylic acid groups (broad SMARTS) is 1. The first-order valence-electron chi connectivity index (χ1n) is 5.66. The van der Waals surface area contributed by atoms with Gasteiger partial charge in [0.1, 0.15) is 0 Å². The van der Waals surface area contributed by atoms with Crippen LogP contribution in [0, 0.1) is 5.92 Å². The van der Waals surface area contributed by atoms with Crippen LogP contribution in [0.5, 0.6) is 0 Å². The fourth-order valence-corrected chi connectivity index (χ4v) is 2.45. The third-order valence-electron chi connectivity index (χ3n) is 3.28. The normalized spacial score (nSPS) is 23.1. The van der Waals surface area contributed by atoms with Crippen LogP contribution in [0.3, 0.4) is 0 Å². The molecule has 17 heavy (non-hydrogen) atoms. The third kappa shape index (κ3) is 3.55. The number of benzene rings is 1. The molecule has 0 saturated heterocycles. The number of aliphatic carboxylic acids is 1. The molecule has 0 amide bonds. The van der Waals surface area contributed by atoms with E-state index in [4.69, 9.17) is 5.11 Å². The Balaban J connectivity index is 0.00000144. The fraction of sp³-hybridized carbons (Fsp3) is 0.462. The van der Waals surface area contributed by atoms with Gasteiger partial charge in [0, 0.05) is 0 Å². The molecule has 0 radical (unpaired) electrons. The molecule has 0 saturated carbocycles. The van der Waals surface area contributed by atoms with Gasteiger partial charge in [-0.1, -0.05) is 24.3 Å². The summed E-state index contributed by atoms with van der Waals surface area (Å²) >= 11 is 0. The van der Waals surface area contributed by atoms with Crippen LogP contribution in [-0.4, -0.2) is 16.2 Å². The van der Waals surface area contributed by atoms with Crippen molar-refractivity contribution in [2.24, 2.45) is 5.92 Å². The van der Waals surface area contributed by atoms with Crippen molar-refractivity contribution in [3.63, 3.8) is 0 Å². The number of aliphatic hydroxyl groups is 1. The Hall–Kier alpha value is -0.350. The molecule has 0 fully saturated rings. The molecule has 1 aliphatic rings. The number of carboxylic acids is 1. The summed E-state index contributed by atoms with van der Waals surface area (Å²) in [6.07, 6.45) is 2.09. The molecule has 3 nitrogen and oxygen atoms in total. The molecule has 4 heteroatoms. The number of hydrogen-bond donors (Lipinski definition) is 2. The number of rotatable bonds is 2. The van der Waals surface area contributed by atoms with Crippen LogP contribution in [-0.2, 0) is 11.2 Å². The van der Waals surface area contributed by atoms with Crippen LogP contribution in [0.4, 0.5) is 0 Å². The number of aliphatic hydroxyl groups excluding tert-OH is 1. The summed E-state index contributed by atoms with van der Waals surface area (Å²) in [5, 5.41) is 19.0. The summed E-state index contributed by atoms with van der Waals surface area (Å²) in [5.74, 6) is -0.982. The Morgan fingerprint density at radius 1 is 1.35 bits per heavy atom. The fourth-order valence-electron chi connectivity index (χ4n) is 2.45. The first kappa shape index (κ1) is 14.7. The van der Waals surface area contributed by atoms with Gasteiger partial charge in [0.15, 0.2) is 0 Å². The smallest absolute Gasteiger partial charge is 0.481 e. The predicted molar refractivity (Wildman–Crippen MR) is 60.1 cm³/mol. The van der Waals surface area contributed by atoms with E-state index in [1.54, 1.807) is 0 Å². The first-order chi connectivity index (χ1) is 7.68. The van der Waals surface area contributed by atoms with Gasteiger partial charge in [0.05, 0.1) is 12.5 Å². The molecule has 2 atom stereocenters. The van der Waals surface area contributed by atoms with Gasteiger partial charge in [-0.15, -0.1) is 0 Å². The van der Waals surface area contributed by atoms with Crippen LogP contribution in [0.25, 0.3) is 0 Å². The summed E-state index contributed by atoms with van der Waals surface area (Å²) in [7, 11) is 0. The van der Waals surface area contributed by atoms with Crippen molar-refractivity contribution < 1.29 is 44.6 Å². The topological polar surface area (TPSA) is 57.5 Å². The van der Waals surface area contributed by atoms with E-state index in [0.717, 1.165) is 30.4 Å². The molecule has 0 heterocycles. The summed E-state index contributed by atoms with van der Waals surface area (Å²) in [6, 6.07) is 7.77. The van der Waals surface area contributed by atoms with E-state index in [0.29, 0.717) is 0 Å². The third-order valence-corrected chi connectivity index (χ3v) is 3.28. The average molecular weight is 243 g/mol. The maximum atomic E-state index is 10.7. The molecule has 0 aromatic heterocycles. The van der Waals surface area contributed by atoms with Crippen molar-refractivity contribution >= 4 is 5.97 Å². The Labute approximate surface area is 123 Å². The minimum atomic E-state index is -0.830. The summed E-state index contributed by atoms with van der Waals surface area (Å²) < 4.78 is 0. The summed E-state index contributed by atoms with van der Waals surface area (Å²) in [4.78, 5) is 10.7. The quantitative estimate of drug-likeness (QED) is 0.525. The van der Waals surface area contributed by atoms with Crippen LogP contribution in [0.1, 0.15) is 36.5 Å². The van der Waals surface area contributed by atoms with Crippen molar-refractivity contribution in [3.05, 3.63) is 35.4 Å². The van der Waals surface area contributed by atoms with Gasteiger partial charge in [-0.25, -0.2) is 0 Å². The minimum Gasteiger partial charge on any atom is -0.481 e. The van der Waals surface area contributed by atoms with E-state index in [1.165, 1.54) is 0 Å². The van der Waals surface area contributed by atoms with Crippen molar-refractivity contribution in [3.8, 4) is 0 Å². The molecule has 0 bridgehead atoms. The number of hydrogen-bond acceptors (Lipinski definition) is 2. The molecule has 86 valence electrons. The zero-order valence-corrected chi connectivity index (χ0v) is 12.1. The van der Waals surface area contributed by atoms with Gasteiger partial charge in [-0.05, 0) is 36.3 Å². The van der Waals surface area contributed by atoms with Crippen LogP contribution < -0.4 is 29.6 Å². The zero-order chi connectivity index (χ0) is 11.5. The average Bonchev–Trinajstić information content (AvgIpc) is 2.40. The van der Waals surface area contributed by atoms with E-state index in [1.807, 2.05) is 24.3 Å². The zero-order valence-electron chi connectivity index (χ0n) is 10.1. The first-order valence-corrected chi connectivity index (χ1v) is 5.66. The Morgan fingerprint density at radius 3 is 2.76 bits per heavy atom. The molecule has 0 spiro atoms. The van der Waals surface area contributed by atoms with Gasteiger partial charge in [0.2, 0.25) is 0 Å². The Kier molecular flexibility index (Phi) is 5.67. The van der Waals surface area contributed by atoms with Crippen molar-refractivity contribution in [1.82, 2.24) is 0 Å². The van der Waals surface area contributed by atoms with E-state index >= 15 is 0 Å². The summed E-state index contributed by atoms with van der Waals surface area (Å²) in [5.41, 5.74) is 2.06. The standard InChI is InChI=1S/C13H16O3.Na/c14-12(15)8-10-6-3-5-9-4-1-2-7-11(9)13(10)16;/h1-2,4,7,10,13,16H,3,5-6,8H2,(H,14,15);/q;+1. The van der Waals surface area contributed by atoms with Gasteiger partial charge in [0.25, 0.3) is 0 Å².